The van der Waals surface area contributed by atoms with E-state index in [0.29, 0.717) is 24.6 Å². The first-order valence-corrected chi connectivity index (χ1v) is 9.79. The summed E-state index contributed by atoms with van der Waals surface area (Å²) >= 11 is 0. The number of urea groups is 1. The van der Waals surface area contributed by atoms with Crippen molar-refractivity contribution in [1.82, 2.24) is 15.1 Å². The highest BCUT2D eigenvalue weighted by molar-refractivity contribution is 6.09. The highest BCUT2D eigenvalue weighted by Gasteiger charge is 2.49. The van der Waals surface area contributed by atoms with Crippen LogP contribution in [0.2, 0.25) is 0 Å². The van der Waals surface area contributed by atoms with Crippen molar-refractivity contribution in [3.8, 4) is 0 Å². The fourth-order valence-corrected chi connectivity index (χ4v) is 4.19. The molecule has 6 heteroatoms. The second-order valence-corrected chi connectivity index (χ2v) is 8.10. The van der Waals surface area contributed by atoms with Crippen LogP contribution >= 0.6 is 0 Å². The van der Waals surface area contributed by atoms with E-state index < -0.39 is 11.6 Å². The summed E-state index contributed by atoms with van der Waals surface area (Å²) in [5.41, 5.74) is -0.456. The average molecular weight is 379 g/mol. The number of imide groups is 1. The molecule has 146 valence electrons. The van der Waals surface area contributed by atoms with E-state index in [1.54, 1.807) is 11.8 Å². The predicted molar refractivity (Wildman–Crippen MR) is 107 cm³/mol. The predicted octanol–water partition coefficient (Wildman–Crippen LogP) is 2.87. The number of benzene rings is 2. The largest absolute Gasteiger partial charge is 0.341 e. The molecule has 28 heavy (non-hydrogen) atoms. The van der Waals surface area contributed by atoms with Crippen molar-refractivity contribution in [1.29, 1.82) is 0 Å². The molecule has 2 heterocycles. The molecule has 2 fully saturated rings. The Kier molecular flexibility index (Phi) is 4.57. The molecule has 2 atom stereocenters. The monoisotopic (exact) mass is 379 g/mol. The summed E-state index contributed by atoms with van der Waals surface area (Å²) in [4.78, 5) is 41.2. The van der Waals surface area contributed by atoms with E-state index in [0.717, 1.165) is 28.5 Å². The van der Waals surface area contributed by atoms with Crippen molar-refractivity contribution in [2.24, 2.45) is 5.92 Å². The standard InChI is InChI=1S/C22H25N3O3/c1-15-6-5-11-24(13-15)19(26)14-25-20(27)22(2,23-21(25)28)18-10-9-16-7-3-4-8-17(16)12-18/h3-4,7-10,12,15H,5-6,11,13-14H2,1-2H3,(H,23,28)/t15-,22-/m1/s1. The fourth-order valence-electron chi connectivity index (χ4n) is 4.19. The van der Waals surface area contributed by atoms with Gasteiger partial charge in [0, 0.05) is 13.1 Å². The van der Waals surface area contributed by atoms with E-state index in [-0.39, 0.29) is 18.4 Å². The molecular weight excluding hydrogens is 354 g/mol. The van der Waals surface area contributed by atoms with Crippen molar-refractivity contribution >= 4 is 28.6 Å². The number of nitrogens with one attached hydrogen (secondary N) is 1. The van der Waals surface area contributed by atoms with E-state index in [1.807, 2.05) is 42.5 Å². The number of rotatable bonds is 3. The smallest absolute Gasteiger partial charge is 0.325 e. The van der Waals surface area contributed by atoms with Crippen LogP contribution in [0, 0.1) is 5.92 Å². The molecule has 6 nitrogen and oxygen atoms in total. The van der Waals surface area contributed by atoms with E-state index in [4.69, 9.17) is 0 Å². The number of hydrogen-bond acceptors (Lipinski definition) is 3. The molecule has 0 radical (unpaired) electrons. The molecule has 2 aromatic carbocycles. The molecular formula is C22H25N3O3. The van der Waals surface area contributed by atoms with Gasteiger partial charge < -0.3 is 10.2 Å². The summed E-state index contributed by atoms with van der Waals surface area (Å²) in [6.07, 6.45) is 2.06. The first-order valence-electron chi connectivity index (χ1n) is 9.79. The van der Waals surface area contributed by atoms with Gasteiger partial charge in [-0.1, -0.05) is 43.3 Å². The number of fused-ring (bicyclic) bond motifs is 1. The maximum Gasteiger partial charge on any atom is 0.325 e. The zero-order valence-corrected chi connectivity index (χ0v) is 16.3. The second-order valence-electron chi connectivity index (χ2n) is 8.10. The van der Waals surface area contributed by atoms with Gasteiger partial charge in [-0.2, -0.15) is 0 Å². The maximum absolute atomic E-state index is 13.1. The van der Waals surface area contributed by atoms with Gasteiger partial charge in [-0.05, 0) is 48.1 Å². The number of hydrogen-bond donors (Lipinski definition) is 1. The van der Waals surface area contributed by atoms with Crippen LogP contribution in [0.3, 0.4) is 0 Å². The Morgan fingerprint density at radius 3 is 2.68 bits per heavy atom. The molecule has 2 aliphatic rings. The third-order valence-electron chi connectivity index (χ3n) is 5.90. The first kappa shape index (κ1) is 18.5. The fraction of sp³-hybridized carbons (Fsp3) is 0.409. The molecule has 4 rings (SSSR count). The van der Waals surface area contributed by atoms with Crippen LogP contribution in [0.4, 0.5) is 4.79 Å². The van der Waals surface area contributed by atoms with Crippen LogP contribution in [-0.2, 0) is 15.1 Å². The van der Waals surface area contributed by atoms with Gasteiger partial charge in [-0.25, -0.2) is 4.79 Å². The number of carbonyl (C=O) groups is 3. The SMILES string of the molecule is C[C@@H]1CCCN(C(=O)CN2C(=O)N[C@](C)(c3ccc4ccccc4c3)C2=O)C1. The quantitative estimate of drug-likeness (QED) is 0.834. The molecule has 1 N–H and O–H groups in total. The van der Waals surface area contributed by atoms with Gasteiger partial charge in [0.1, 0.15) is 12.1 Å². The molecule has 2 aliphatic heterocycles. The minimum absolute atomic E-state index is 0.169. The Balaban J connectivity index is 1.56. The molecule has 4 amide bonds. The van der Waals surface area contributed by atoms with Crippen molar-refractivity contribution in [2.45, 2.75) is 32.2 Å². The molecule has 0 spiro atoms. The van der Waals surface area contributed by atoms with Gasteiger partial charge in [0.05, 0.1) is 0 Å². The van der Waals surface area contributed by atoms with Gasteiger partial charge in [-0.15, -0.1) is 0 Å². The van der Waals surface area contributed by atoms with Crippen LogP contribution in [0.5, 0.6) is 0 Å². The summed E-state index contributed by atoms with van der Waals surface area (Å²) in [6.45, 7) is 4.98. The third kappa shape index (κ3) is 3.13. The van der Waals surface area contributed by atoms with Crippen LogP contribution in [0.25, 0.3) is 10.8 Å². The Labute approximate surface area is 164 Å². The van der Waals surface area contributed by atoms with Crippen molar-refractivity contribution < 1.29 is 14.4 Å². The minimum atomic E-state index is -1.17. The maximum atomic E-state index is 13.1. The molecule has 0 aliphatic carbocycles. The lowest BCUT2D eigenvalue weighted by molar-refractivity contribution is -0.139. The van der Waals surface area contributed by atoms with Crippen molar-refractivity contribution in [2.75, 3.05) is 19.6 Å². The molecule has 0 bridgehead atoms. The Bertz CT molecular complexity index is 957. The van der Waals surface area contributed by atoms with Crippen LogP contribution in [0.15, 0.2) is 42.5 Å². The Morgan fingerprint density at radius 1 is 1.18 bits per heavy atom. The summed E-state index contributed by atoms with van der Waals surface area (Å²) in [5.74, 6) is -0.104. The normalized spacial score (nSPS) is 25.3. The van der Waals surface area contributed by atoms with E-state index in [2.05, 4.69) is 12.2 Å². The van der Waals surface area contributed by atoms with E-state index >= 15 is 0 Å². The van der Waals surface area contributed by atoms with E-state index in [9.17, 15) is 14.4 Å². The zero-order chi connectivity index (χ0) is 19.9. The highest BCUT2D eigenvalue weighted by atomic mass is 16.2. The summed E-state index contributed by atoms with van der Waals surface area (Å²) < 4.78 is 0. The van der Waals surface area contributed by atoms with Gasteiger partial charge >= 0.3 is 6.03 Å². The minimum Gasteiger partial charge on any atom is -0.341 e. The molecule has 2 aromatic rings. The lowest BCUT2D eigenvalue weighted by Gasteiger charge is -2.31. The first-order chi connectivity index (χ1) is 13.4. The lowest BCUT2D eigenvalue weighted by atomic mass is 9.90. The van der Waals surface area contributed by atoms with Gasteiger partial charge in [0.2, 0.25) is 5.91 Å². The van der Waals surface area contributed by atoms with Crippen LogP contribution in [-0.4, -0.2) is 47.3 Å². The number of likely N-dealkylation sites (tertiary alicyclic amines) is 1. The van der Waals surface area contributed by atoms with Crippen LogP contribution in [0.1, 0.15) is 32.3 Å². The van der Waals surface area contributed by atoms with Gasteiger partial charge in [0.15, 0.2) is 0 Å². The van der Waals surface area contributed by atoms with Gasteiger partial charge in [0.25, 0.3) is 5.91 Å². The highest BCUT2D eigenvalue weighted by Crippen LogP contribution is 2.31. The number of piperidine rings is 1. The molecule has 0 saturated carbocycles. The summed E-state index contributed by atoms with van der Waals surface area (Å²) in [5, 5.41) is 4.86. The topological polar surface area (TPSA) is 69.7 Å². The molecule has 0 aromatic heterocycles. The average Bonchev–Trinajstić information content (AvgIpc) is 2.91. The van der Waals surface area contributed by atoms with Crippen molar-refractivity contribution in [3.63, 3.8) is 0 Å². The van der Waals surface area contributed by atoms with Crippen molar-refractivity contribution in [3.05, 3.63) is 48.0 Å². The number of carbonyl (C=O) groups excluding carboxylic acids is 3. The van der Waals surface area contributed by atoms with E-state index in [1.165, 1.54) is 0 Å². The molecule has 0 unspecified atom stereocenters. The molecule has 2 saturated heterocycles. The zero-order valence-electron chi connectivity index (χ0n) is 16.3. The Morgan fingerprint density at radius 2 is 1.93 bits per heavy atom. The summed E-state index contributed by atoms with van der Waals surface area (Å²) in [6, 6.07) is 13.1. The Hall–Kier alpha value is -2.89. The third-order valence-corrected chi connectivity index (χ3v) is 5.90. The van der Waals surface area contributed by atoms with Crippen LogP contribution < -0.4 is 5.32 Å². The summed E-state index contributed by atoms with van der Waals surface area (Å²) in [7, 11) is 0. The number of nitrogens with zero attached hydrogens (tertiary/aromatic N) is 2. The van der Waals surface area contributed by atoms with Gasteiger partial charge in [-0.3, -0.25) is 14.5 Å². The second kappa shape index (κ2) is 6.93. The lowest BCUT2D eigenvalue weighted by Crippen LogP contribution is -2.47. The number of amides is 4.